The van der Waals surface area contributed by atoms with Crippen LogP contribution in [0.1, 0.15) is 41.2 Å². The molecule has 0 spiro atoms. The number of benzene rings is 1. The summed E-state index contributed by atoms with van der Waals surface area (Å²) in [6.07, 6.45) is 8.24. The van der Waals surface area contributed by atoms with Crippen molar-refractivity contribution in [2.24, 2.45) is 0 Å². The van der Waals surface area contributed by atoms with Gasteiger partial charge in [0, 0.05) is 30.4 Å². The molecule has 112 valence electrons. The van der Waals surface area contributed by atoms with Crippen molar-refractivity contribution in [3.05, 3.63) is 54.6 Å². The molecule has 1 heterocycles. The Morgan fingerprint density at radius 3 is 2.57 bits per heavy atom. The largest absolute Gasteiger partial charge is 0.364 e. The van der Waals surface area contributed by atoms with Gasteiger partial charge in [0.2, 0.25) is 0 Å². The molecule has 1 aromatic carbocycles. The Morgan fingerprint density at radius 2 is 2.00 bits per heavy atom. The summed E-state index contributed by atoms with van der Waals surface area (Å²) in [6, 6.07) is 6.35. The third-order valence-corrected chi connectivity index (χ3v) is 3.95. The molecule has 1 fully saturated rings. The monoisotopic (exact) mass is 284 g/mol. The summed E-state index contributed by atoms with van der Waals surface area (Å²) in [5.41, 5.74) is 3.01. The van der Waals surface area contributed by atoms with Crippen molar-refractivity contribution in [3.63, 3.8) is 0 Å². The van der Waals surface area contributed by atoms with E-state index < -0.39 is 0 Å². The topological polar surface area (TPSA) is 32.3 Å². The normalized spacial score (nSPS) is 18.0. The minimum atomic E-state index is 0.285. The first kappa shape index (κ1) is 15.5. The third-order valence-electron chi connectivity index (χ3n) is 3.95. The molecule has 0 aromatic heterocycles. The van der Waals surface area contributed by atoms with E-state index >= 15 is 0 Å². The average molecular weight is 284 g/mol. The number of rotatable bonds is 7. The van der Waals surface area contributed by atoms with E-state index in [-0.39, 0.29) is 6.04 Å². The first-order valence-electron chi connectivity index (χ1n) is 7.59. The van der Waals surface area contributed by atoms with Crippen molar-refractivity contribution in [1.29, 1.82) is 0 Å². The van der Waals surface area contributed by atoms with Gasteiger partial charge in [-0.1, -0.05) is 18.6 Å². The molecule has 1 aliphatic rings. The van der Waals surface area contributed by atoms with Crippen LogP contribution in [0, 0.1) is 0 Å². The van der Waals surface area contributed by atoms with Crippen LogP contribution in [0.15, 0.2) is 43.5 Å². The van der Waals surface area contributed by atoms with E-state index in [0.717, 1.165) is 49.2 Å². The van der Waals surface area contributed by atoms with Crippen molar-refractivity contribution in [2.75, 3.05) is 24.5 Å². The molecule has 1 unspecified atom stereocenters. The van der Waals surface area contributed by atoms with Gasteiger partial charge in [-0.05, 0) is 43.1 Å². The Hall–Kier alpha value is -1.87. The van der Waals surface area contributed by atoms with Crippen LogP contribution in [-0.4, -0.2) is 25.9 Å². The highest BCUT2D eigenvalue weighted by Gasteiger charge is 2.19. The molecule has 0 bridgehead atoms. The molecule has 1 N–H and O–H groups in total. The Kier molecular flexibility index (Phi) is 5.76. The van der Waals surface area contributed by atoms with E-state index in [2.05, 4.69) is 29.4 Å². The molecule has 21 heavy (non-hydrogen) atoms. The molecular weight excluding hydrogens is 260 g/mol. The molecule has 0 aliphatic carbocycles. The van der Waals surface area contributed by atoms with E-state index in [1.807, 2.05) is 24.3 Å². The predicted molar refractivity (Wildman–Crippen MR) is 89.0 cm³/mol. The number of hydrogen-bond donors (Lipinski definition) is 1. The fourth-order valence-corrected chi connectivity index (χ4v) is 2.88. The number of hydrogen-bond acceptors (Lipinski definition) is 3. The highest BCUT2D eigenvalue weighted by atomic mass is 16.1. The standard InChI is InChI=1S/C18H24N2O/c1-3-11-20(12-4-2)16-9-8-15(14-21)17(13-16)18-7-5-6-10-19-18/h3-4,8-9,13-14,18-19H,1-2,5-7,10-12H2. The van der Waals surface area contributed by atoms with Crippen LogP contribution < -0.4 is 10.2 Å². The average Bonchev–Trinajstić information content (AvgIpc) is 2.55. The highest BCUT2D eigenvalue weighted by Crippen LogP contribution is 2.29. The molecule has 3 heteroatoms. The summed E-state index contributed by atoms with van der Waals surface area (Å²) < 4.78 is 0. The van der Waals surface area contributed by atoms with Crippen LogP contribution in [-0.2, 0) is 0 Å². The number of piperidine rings is 1. The summed E-state index contributed by atoms with van der Waals surface area (Å²) >= 11 is 0. The SMILES string of the molecule is C=CCN(CC=C)c1ccc(C=O)c(C2CCCCN2)c1. The van der Waals surface area contributed by atoms with Crippen LogP contribution in [0.2, 0.25) is 0 Å². The molecule has 0 amide bonds. The van der Waals surface area contributed by atoms with Gasteiger partial charge in [-0.25, -0.2) is 0 Å². The second-order valence-corrected chi connectivity index (χ2v) is 5.42. The number of anilines is 1. The van der Waals surface area contributed by atoms with E-state index in [9.17, 15) is 4.79 Å². The van der Waals surface area contributed by atoms with Crippen LogP contribution in [0.5, 0.6) is 0 Å². The first-order chi connectivity index (χ1) is 10.3. The second-order valence-electron chi connectivity index (χ2n) is 5.42. The van der Waals surface area contributed by atoms with Gasteiger partial charge in [0.15, 0.2) is 0 Å². The van der Waals surface area contributed by atoms with Crippen molar-refractivity contribution in [1.82, 2.24) is 5.32 Å². The first-order valence-corrected chi connectivity index (χ1v) is 7.59. The minimum Gasteiger partial charge on any atom is -0.364 e. The van der Waals surface area contributed by atoms with Crippen molar-refractivity contribution < 1.29 is 4.79 Å². The van der Waals surface area contributed by atoms with Crippen molar-refractivity contribution in [3.8, 4) is 0 Å². The van der Waals surface area contributed by atoms with Gasteiger partial charge >= 0.3 is 0 Å². The smallest absolute Gasteiger partial charge is 0.150 e. The second kappa shape index (κ2) is 7.79. The van der Waals surface area contributed by atoms with Gasteiger partial charge in [0.1, 0.15) is 6.29 Å². The number of nitrogens with one attached hydrogen (secondary N) is 1. The maximum atomic E-state index is 11.3. The van der Waals surface area contributed by atoms with Crippen LogP contribution in [0.25, 0.3) is 0 Å². The molecule has 0 radical (unpaired) electrons. The molecule has 1 aromatic rings. The Bertz CT molecular complexity index is 494. The van der Waals surface area contributed by atoms with Gasteiger partial charge in [-0.15, -0.1) is 13.2 Å². The molecule has 0 saturated carbocycles. The Morgan fingerprint density at radius 1 is 1.24 bits per heavy atom. The minimum absolute atomic E-state index is 0.285. The molecule has 1 saturated heterocycles. The zero-order valence-corrected chi connectivity index (χ0v) is 12.6. The fraction of sp³-hybridized carbons (Fsp3) is 0.389. The molecular formula is C18H24N2O. The number of carbonyl (C=O) groups is 1. The lowest BCUT2D eigenvalue weighted by Crippen LogP contribution is -2.28. The Balaban J connectivity index is 2.32. The zero-order valence-electron chi connectivity index (χ0n) is 12.6. The Labute approximate surface area is 127 Å². The predicted octanol–water partition coefficient (Wildman–Crippen LogP) is 3.49. The lowest BCUT2D eigenvalue weighted by Gasteiger charge is -2.28. The maximum Gasteiger partial charge on any atom is 0.150 e. The fourth-order valence-electron chi connectivity index (χ4n) is 2.88. The summed E-state index contributed by atoms with van der Waals surface area (Å²) in [7, 11) is 0. The van der Waals surface area contributed by atoms with E-state index in [4.69, 9.17) is 0 Å². The van der Waals surface area contributed by atoms with Crippen LogP contribution in [0.4, 0.5) is 5.69 Å². The van der Waals surface area contributed by atoms with E-state index in [0.29, 0.717) is 0 Å². The van der Waals surface area contributed by atoms with Crippen LogP contribution in [0.3, 0.4) is 0 Å². The van der Waals surface area contributed by atoms with Gasteiger partial charge in [-0.3, -0.25) is 4.79 Å². The molecule has 1 atom stereocenters. The highest BCUT2D eigenvalue weighted by molar-refractivity contribution is 5.79. The summed E-state index contributed by atoms with van der Waals surface area (Å²) in [5, 5.41) is 3.52. The lowest BCUT2D eigenvalue weighted by atomic mass is 9.93. The summed E-state index contributed by atoms with van der Waals surface area (Å²) in [4.78, 5) is 13.5. The van der Waals surface area contributed by atoms with E-state index in [1.165, 1.54) is 12.8 Å². The van der Waals surface area contributed by atoms with Crippen molar-refractivity contribution >= 4 is 12.0 Å². The molecule has 3 nitrogen and oxygen atoms in total. The van der Waals surface area contributed by atoms with Gasteiger partial charge in [-0.2, -0.15) is 0 Å². The number of carbonyl (C=O) groups excluding carboxylic acids is 1. The maximum absolute atomic E-state index is 11.3. The summed E-state index contributed by atoms with van der Waals surface area (Å²) in [5.74, 6) is 0. The third kappa shape index (κ3) is 3.82. The van der Waals surface area contributed by atoms with Gasteiger partial charge in [0.25, 0.3) is 0 Å². The number of aldehydes is 1. The molecule has 2 rings (SSSR count). The van der Waals surface area contributed by atoms with Gasteiger partial charge in [0.05, 0.1) is 0 Å². The van der Waals surface area contributed by atoms with Crippen LogP contribution >= 0.6 is 0 Å². The number of nitrogens with zero attached hydrogens (tertiary/aromatic N) is 1. The van der Waals surface area contributed by atoms with Crippen molar-refractivity contribution in [2.45, 2.75) is 25.3 Å². The van der Waals surface area contributed by atoms with Gasteiger partial charge < -0.3 is 10.2 Å². The van der Waals surface area contributed by atoms with E-state index in [1.54, 1.807) is 0 Å². The quantitative estimate of drug-likeness (QED) is 0.614. The lowest BCUT2D eigenvalue weighted by molar-refractivity contribution is 0.112. The zero-order chi connectivity index (χ0) is 15.1. The summed E-state index contributed by atoms with van der Waals surface area (Å²) in [6.45, 7) is 10.2. The molecule has 1 aliphatic heterocycles.